The first-order valence-corrected chi connectivity index (χ1v) is 11.3. The Kier molecular flexibility index (Phi) is 8.86. The fraction of sp³-hybridized carbons (Fsp3) is 0.714. The molecule has 0 aromatic carbocycles. The summed E-state index contributed by atoms with van der Waals surface area (Å²) in [6.45, 7) is 8.41. The van der Waals surface area contributed by atoms with Crippen LogP contribution in [-0.2, 0) is 16.1 Å². The Labute approximate surface area is 188 Å². The Balaban J connectivity index is 1.53. The summed E-state index contributed by atoms with van der Waals surface area (Å²) < 4.78 is 17.8. The predicted molar refractivity (Wildman–Crippen MR) is 121 cm³/mol. The molecule has 2 aromatic rings. The van der Waals surface area contributed by atoms with Crippen molar-refractivity contribution in [3.63, 3.8) is 0 Å². The minimum Gasteiger partial charge on any atom is -0.468 e. The van der Waals surface area contributed by atoms with Gasteiger partial charge in [0.2, 0.25) is 0 Å². The van der Waals surface area contributed by atoms with Gasteiger partial charge in [-0.05, 0) is 25.8 Å². The van der Waals surface area contributed by atoms with Crippen LogP contribution in [0.2, 0.25) is 0 Å². The van der Waals surface area contributed by atoms with Crippen LogP contribution in [0.5, 0.6) is 12.0 Å². The molecule has 0 aliphatic carbocycles. The van der Waals surface area contributed by atoms with Crippen LogP contribution in [0.4, 0.5) is 5.82 Å². The summed E-state index contributed by atoms with van der Waals surface area (Å²) in [4.78, 5) is 29.2. The fourth-order valence-corrected chi connectivity index (χ4v) is 3.73. The molecule has 178 valence electrons. The van der Waals surface area contributed by atoms with Crippen LogP contribution >= 0.6 is 0 Å². The van der Waals surface area contributed by atoms with Crippen molar-refractivity contribution in [3.8, 4) is 12.0 Å². The van der Waals surface area contributed by atoms with Gasteiger partial charge in [0.05, 0.1) is 27.4 Å². The number of ether oxygens (including phenoxy) is 3. The predicted octanol–water partition coefficient (Wildman–Crippen LogP) is 1.17. The largest absolute Gasteiger partial charge is 0.468 e. The number of aromatic nitrogens is 4. The molecule has 1 aliphatic rings. The van der Waals surface area contributed by atoms with Crippen molar-refractivity contribution in [2.75, 3.05) is 65.8 Å². The number of carbonyl (C=O) groups excluding carboxylic acids is 1. The van der Waals surface area contributed by atoms with Crippen molar-refractivity contribution < 1.29 is 19.0 Å². The van der Waals surface area contributed by atoms with Gasteiger partial charge in [-0.1, -0.05) is 13.3 Å². The monoisotopic (exact) mass is 449 g/mol. The van der Waals surface area contributed by atoms with Gasteiger partial charge in [-0.25, -0.2) is 0 Å². The van der Waals surface area contributed by atoms with Crippen molar-refractivity contribution in [3.05, 3.63) is 0 Å². The lowest BCUT2D eigenvalue weighted by Gasteiger charge is -2.33. The maximum absolute atomic E-state index is 11.4. The molecule has 1 aliphatic heterocycles. The smallest absolute Gasteiger partial charge is 0.320 e. The summed E-state index contributed by atoms with van der Waals surface area (Å²) in [6, 6.07) is 0.750. The molecule has 3 rings (SSSR count). The van der Waals surface area contributed by atoms with Crippen LogP contribution in [-0.4, -0.2) is 95.4 Å². The number of methoxy groups -OCH3 is 2. The number of anilines is 1. The zero-order valence-electron chi connectivity index (χ0n) is 19.4. The topological polar surface area (TPSA) is 121 Å². The normalized spacial score (nSPS) is 15.2. The molecule has 1 saturated heterocycles. The maximum Gasteiger partial charge on any atom is 0.320 e. The lowest BCUT2D eigenvalue weighted by Crippen LogP contribution is -2.48. The molecule has 11 heteroatoms. The quantitative estimate of drug-likeness (QED) is 0.373. The molecule has 0 atom stereocenters. The zero-order valence-corrected chi connectivity index (χ0v) is 19.4. The third kappa shape index (κ3) is 6.19. The molecule has 0 saturated carbocycles. The number of esters is 1. The molecule has 2 N–H and O–H groups in total. The van der Waals surface area contributed by atoms with E-state index >= 15 is 0 Å². The van der Waals surface area contributed by atoms with Crippen LogP contribution in [0.15, 0.2) is 0 Å². The van der Waals surface area contributed by atoms with Crippen molar-refractivity contribution in [1.29, 1.82) is 0 Å². The lowest BCUT2D eigenvalue weighted by atomic mass is 10.2. The van der Waals surface area contributed by atoms with Gasteiger partial charge < -0.3 is 24.8 Å². The molecular weight excluding hydrogens is 414 g/mol. The van der Waals surface area contributed by atoms with Crippen molar-refractivity contribution in [2.24, 2.45) is 0 Å². The number of piperazine rings is 1. The molecule has 0 amide bonds. The Hall–Kier alpha value is -2.66. The molecule has 2 aromatic heterocycles. The Morgan fingerprint density at radius 2 is 1.72 bits per heavy atom. The van der Waals surface area contributed by atoms with Gasteiger partial charge in [-0.3, -0.25) is 14.3 Å². The molecule has 1 fully saturated rings. The van der Waals surface area contributed by atoms with Crippen LogP contribution in [0.3, 0.4) is 0 Å². The third-order valence-electron chi connectivity index (χ3n) is 5.63. The number of nitrogen functional groups attached to an aromatic ring is 1. The van der Waals surface area contributed by atoms with Gasteiger partial charge in [-0.15, -0.1) is 0 Å². The number of nitrogens with two attached hydrogens (primary N) is 1. The van der Waals surface area contributed by atoms with E-state index < -0.39 is 0 Å². The van der Waals surface area contributed by atoms with Crippen molar-refractivity contribution >= 4 is 23.0 Å². The molecule has 11 nitrogen and oxygen atoms in total. The highest BCUT2D eigenvalue weighted by atomic mass is 16.5. The van der Waals surface area contributed by atoms with E-state index in [4.69, 9.17) is 19.9 Å². The van der Waals surface area contributed by atoms with E-state index in [0.717, 1.165) is 58.4 Å². The van der Waals surface area contributed by atoms with Crippen LogP contribution in [0.25, 0.3) is 11.2 Å². The number of fused-ring (bicyclic) bond motifs is 1. The summed E-state index contributed by atoms with van der Waals surface area (Å²) in [5.41, 5.74) is 7.27. The van der Waals surface area contributed by atoms with Gasteiger partial charge in [0.25, 0.3) is 6.01 Å². The molecule has 32 heavy (non-hydrogen) atoms. The number of aryl methyl sites for hydroxylation is 1. The van der Waals surface area contributed by atoms with Gasteiger partial charge in [-0.2, -0.15) is 15.0 Å². The number of hydrogen-bond donors (Lipinski definition) is 1. The Morgan fingerprint density at radius 1 is 1.00 bits per heavy atom. The van der Waals surface area contributed by atoms with Crippen LogP contribution < -0.4 is 15.2 Å². The first-order valence-electron chi connectivity index (χ1n) is 11.3. The fourth-order valence-electron chi connectivity index (χ4n) is 3.73. The molecule has 0 radical (unpaired) electrons. The van der Waals surface area contributed by atoms with Crippen molar-refractivity contribution in [2.45, 2.75) is 39.2 Å². The second kappa shape index (κ2) is 11.8. The average Bonchev–Trinajstić information content (AvgIpc) is 3.16. The number of rotatable bonds is 12. The first-order chi connectivity index (χ1) is 15.5. The highest BCUT2D eigenvalue weighted by Crippen LogP contribution is 2.26. The molecule has 0 bridgehead atoms. The minimum absolute atomic E-state index is 0.177. The van der Waals surface area contributed by atoms with E-state index in [0.29, 0.717) is 42.7 Å². The van der Waals surface area contributed by atoms with Crippen LogP contribution in [0, 0.1) is 0 Å². The number of carbonyl (C=O) groups is 1. The lowest BCUT2D eigenvalue weighted by molar-refractivity contribution is -0.142. The van der Waals surface area contributed by atoms with Gasteiger partial charge >= 0.3 is 12.0 Å². The summed E-state index contributed by atoms with van der Waals surface area (Å²) in [5, 5.41) is 0. The SMILES string of the molecule is CCCCOc1nc(N)c2nc(OC)n(CCCCN3CCN(CC(=O)OC)CC3)c2n1. The second-order valence-electron chi connectivity index (χ2n) is 7.92. The highest BCUT2D eigenvalue weighted by Gasteiger charge is 2.20. The van der Waals surface area contributed by atoms with E-state index in [1.807, 2.05) is 4.57 Å². The van der Waals surface area contributed by atoms with Gasteiger partial charge in [0, 0.05) is 32.7 Å². The number of imidazole rings is 1. The molecule has 0 unspecified atom stereocenters. The minimum atomic E-state index is -0.177. The Morgan fingerprint density at radius 3 is 2.41 bits per heavy atom. The number of nitrogens with zero attached hydrogens (tertiary/aromatic N) is 6. The third-order valence-corrected chi connectivity index (χ3v) is 5.63. The van der Waals surface area contributed by atoms with E-state index in [1.165, 1.54) is 7.11 Å². The highest BCUT2D eigenvalue weighted by molar-refractivity contribution is 5.83. The van der Waals surface area contributed by atoms with Crippen LogP contribution in [0.1, 0.15) is 32.6 Å². The number of hydrogen-bond acceptors (Lipinski definition) is 10. The van der Waals surface area contributed by atoms with E-state index in [1.54, 1.807) is 7.11 Å². The summed E-state index contributed by atoms with van der Waals surface area (Å²) in [5.74, 6) is 0.117. The standard InChI is InChI=1S/C21H35N7O4/c1-4-5-14-32-20-24-18(22)17-19(25-20)28(21(23-17)31-3)9-7-6-8-26-10-12-27(13-11-26)15-16(29)30-2/h4-15H2,1-3H3,(H2,22,24,25). The average molecular weight is 450 g/mol. The van der Waals surface area contributed by atoms with Gasteiger partial charge in [0.1, 0.15) is 0 Å². The zero-order chi connectivity index (χ0) is 22.9. The van der Waals surface area contributed by atoms with E-state index in [9.17, 15) is 4.79 Å². The maximum atomic E-state index is 11.4. The van der Waals surface area contributed by atoms with Crippen molar-refractivity contribution in [1.82, 2.24) is 29.3 Å². The first kappa shape index (κ1) is 24.0. The van der Waals surface area contributed by atoms with E-state index in [2.05, 4.69) is 31.7 Å². The number of unbranched alkanes of at least 4 members (excludes halogenated alkanes) is 2. The molecular formula is C21H35N7O4. The summed E-state index contributed by atoms with van der Waals surface area (Å²) in [6.07, 6.45) is 3.94. The summed E-state index contributed by atoms with van der Waals surface area (Å²) in [7, 11) is 3.02. The molecule has 0 spiro atoms. The van der Waals surface area contributed by atoms with E-state index in [-0.39, 0.29) is 12.0 Å². The van der Waals surface area contributed by atoms with Gasteiger partial charge in [0.15, 0.2) is 17.0 Å². The molecule has 3 heterocycles. The summed E-state index contributed by atoms with van der Waals surface area (Å²) >= 11 is 0. The Bertz CT molecular complexity index is 881. The second-order valence-corrected chi connectivity index (χ2v) is 7.92.